The lowest BCUT2D eigenvalue weighted by Gasteiger charge is -2.21. The Morgan fingerprint density at radius 2 is 1.83 bits per heavy atom. The van der Waals surface area contributed by atoms with E-state index in [1.807, 2.05) is 0 Å². The number of nitrogens with one attached hydrogen (secondary N) is 2. The van der Waals surface area contributed by atoms with E-state index in [4.69, 9.17) is 12.2 Å². The van der Waals surface area contributed by atoms with Crippen molar-refractivity contribution in [1.82, 2.24) is 5.32 Å². The summed E-state index contributed by atoms with van der Waals surface area (Å²) in [7, 11) is 0. The molecule has 0 aliphatic heterocycles. The third-order valence-corrected chi connectivity index (χ3v) is 4.56. The molecule has 1 aliphatic carbocycles. The van der Waals surface area contributed by atoms with E-state index in [0.717, 1.165) is 6.42 Å². The number of hydrogen-bond donors (Lipinski definition) is 2. The molecule has 0 fully saturated rings. The molecule has 0 spiro atoms. The lowest BCUT2D eigenvalue weighted by atomic mass is 9.89. The second-order valence-corrected chi connectivity index (χ2v) is 6.44. The predicted molar refractivity (Wildman–Crippen MR) is 97.3 cm³/mol. The second-order valence-electron chi connectivity index (χ2n) is 6.04. The quantitative estimate of drug-likeness (QED) is 0.795. The molecule has 0 aromatic heterocycles. The number of rotatable bonds is 3. The number of hydrogen-bond acceptors (Lipinski definition) is 1. The van der Waals surface area contributed by atoms with Gasteiger partial charge in [0.15, 0.2) is 5.11 Å². The van der Waals surface area contributed by atoms with Crippen molar-refractivity contribution in [2.75, 3.05) is 5.32 Å². The fraction of sp³-hybridized carbons (Fsp3) is 0.316. The summed E-state index contributed by atoms with van der Waals surface area (Å²) in [6, 6.07) is 13.3. The third-order valence-electron chi connectivity index (χ3n) is 4.34. The summed E-state index contributed by atoms with van der Waals surface area (Å²) in [6.45, 7) is 2.07. The molecule has 0 amide bonds. The van der Waals surface area contributed by atoms with Crippen LogP contribution in [0.3, 0.4) is 0 Å². The van der Waals surface area contributed by atoms with Gasteiger partial charge in [-0.3, -0.25) is 0 Å². The summed E-state index contributed by atoms with van der Waals surface area (Å²) in [6.07, 6.45) is 4.90. The van der Waals surface area contributed by atoms with Crippen LogP contribution in [0.2, 0.25) is 0 Å². The van der Waals surface area contributed by atoms with Crippen molar-refractivity contribution in [3.05, 3.63) is 65.0 Å². The van der Waals surface area contributed by atoms with Crippen LogP contribution < -0.4 is 10.6 Å². The highest BCUT2D eigenvalue weighted by molar-refractivity contribution is 7.80. The van der Waals surface area contributed by atoms with Crippen molar-refractivity contribution in [3.63, 3.8) is 0 Å². The summed E-state index contributed by atoms with van der Waals surface area (Å²) in [5.74, 6) is -0.307. The molecule has 120 valence electrons. The topological polar surface area (TPSA) is 24.1 Å². The Labute approximate surface area is 142 Å². The summed E-state index contributed by atoms with van der Waals surface area (Å²) in [5, 5.41) is 6.58. The zero-order chi connectivity index (χ0) is 16.2. The lowest BCUT2D eigenvalue weighted by Crippen LogP contribution is -2.31. The van der Waals surface area contributed by atoms with Crippen molar-refractivity contribution >= 4 is 23.0 Å². The maximum absolute atomic E-state index is 13.6. The van der Waals surface area contributed by atoms with Crippen LogP contribution in [0.25, 0.3) is 0 Å². The minimum absolute atomic E-state index is 0.0778. The molecule has 0 heterocycles. The minimum Gasteiger partial charge on any atom is -0.356 e. The van der Waals surface area contributed by atoms with Gasteiger partial charge in [-0.15, -0.1) is 0 Å². The Kier molecular flexibility index (Phi) is 4.91. The molecule has 0 saturated carbocycles. The van der Waals surface area contributed by atoms with Gasteiger partial charge >= 0.3 is 0 Å². The van der Waals surface area contributed by atoms with Crippen LogP contribution in [0, 0.1) is 5.82 Å². The molecule has 4 heteroatoms. The standard InChI is InChI=1S/C19H21FN2S/c1-13(15-11-10-14-6-2-3-7-16(14)12-15)21-19(23)22-18-9-5-4-8-17(18)20/h4-5,8-13H,2-3,6-7H2,1H3,(H2,21,22,23)/t13-/m1/s1. The Balaban J connectivity index is 1.65. The molecule has 2 aromatic carbocycles. The van der Waals surface area contributed by atoms with Gasteiger partial charge in [0.2, 0.25) is 0 Å². The largest absolute Gasteiger partial charge is 0.356 e. The fourth-order valence-corrected chi connectivity index (χ4v) is 3.31. The molecular formula is C19H21FN2S. The number of anilines is 1. The van der Waals surface area contributed by atoms with Crippen molar-refractivity contribution in [1.29, 1.82) is 0 Å². The Morgan fingerprint density at radius 3 is 2.61 bits per heavy atom. The third kappa shape index (κ3) is 3.88. The Hall–Kier alpha value is -1.94. The molecule has 2 nitrogen and oxygen atoms in total. The number of thiocarbonyl (C=S) groups is 1. The zero-order valence-electron chi connectivity index (χ0n) is 13.2. The van der Waals surface area contributed by atoms with Crippen LogP contribution in [0.4, 0.5) is 10.1 Å². The van der Waals surface area contributed by atoms with Crippen LogP contribution in [0.5, 0.6) is 0 Å². The van der Waals surface area contributed by atoms with Gasteiger partial charge in [-0.25, -0.2) is 4.39 Å². The van der Waals surface area contributed by atoms with Gasteiger partial charge in [0.05, 0.1) is 11.7 Å². The molecule has 1 atom stereocenters. The van der Waals surface area contributed by atoms with E-state index in [0.29, 0.717) is 10.8 Å². The van der Waals surface area contributed by atoms with Crippen LogP contribution in [0.1, 0.15) is 42.5 Å². The number of benzene rings is 2. The summed E-state index contributed by atoms with van der Waals surface area (Å²) < 4.78 is 13.6. The van der Waals surface area contributed by atoms with Gasteiger partial charge in [0, 0.05) is 0 Å². The van der Waals surface area contributed by atoms with Gasteiger partial charge in [-0.05, 0) is 73.6 Å². The van der Waals surface area contributed by atoms with Gasteiger partial charge in [-0.1, -0.05) is 30.3 Å². The van der Waals surface area contributed by atoms with Crippen LogP contribution >= 0.6 is 12.2 Å². The van der Waals surface area contributed by atoms with E-state index < -0.39 is 0 Å². The average Bonchev–Trinajstić information content (AvgIpc) is 2.56. The van der Waals surface area contributed by atoms with Crippen molar-refractivity contribution < 1.29 is 4.39 Å². The van der Waals surface area contributed by atoms with Gasteiger partial charge < -0.3 is 10.6 Å². The summed E-state index contributed by atoms with van der Waals surface area (Å²) in [4.78, 5) is 0. The first kappa shape index (κ1) is 15.9. The van der Waals surface area contributed by atoms with E-state index in [9.17, 15) is 4.39 Å². The first-order valence-electron chi connectivity index (χ1n) is 8.07. The van der Waals surface area contributed by atoms with Gasteiger partial charge in [0.25, 0.3) is 0 Å². The second kappa shape index (κ2) is 7.09. The molecule has 2 N–H and O–H groups in total. The normalized spacial score (nSPS) is 14.7. The Morgan fingerprint density at radius 1 is 1.09 bits per heavy atom. The molecule has 0 saturated heterocycles. The van der Waals surface area contributed by atoms with E-state index in [1.165, 1.54) is 42.0 Å². The SMILES string of the molecule is C[C@@H](NC(=S)Nc1ccccc1F)c1ccc2c(c1)CCCC2. The smallest absolute Gasteiger partial charge is 0.171 e. The highest BCUT2D eigenvalue weighted by Gasteiger charge is 2.13. The van der Waals surface area contributed by atoms with E-state index >= 15 is 0 Å². The predicted octanol–water partition coefficient (Wildman–Crippen LogP) is 4.75. The monoisotopic (exact) mass is 328 g/mol. The first-order chi connectivity index (χ1) is 11.1. The summed E-state index contributed by atoms with van der Waals surface area (Å²) >= 11 is 5.30. The van der Waals surface area contributed by atoms with E-state index in [2.05, 4.69) is 35.8 Å². The number of halogens is 1. The van der Waals surface area contributed by atoms with Crippen LogP contribution in [-0.2, 0) is 12.8 Å². The maximum Gasteiger partial charge on any atom is 0.171 e. The Bertz CT molecular complexity index is 714. The average molecular weight is 328 g/mol. The molecule has 2 aromatic rings. The van der Waals surface area contributed by atoms with Crippen molar-refractivity contribution in [2.45, 2.75) is 38.6 Å². The molecule has 23 heavy (non-hydrogen) atoms. The number of aryl methyl sites for hydroxylation is 2. The zero-order valence-corrected chi connectivity index (χ0v) is 14.0. The number of para-hydroxylation sites is 1. The lowest BCUT2D eigenvalue weighted by molar-refractivity contribution is 0.631. The molecule has 3 rings (SSSR count). The van der Waals surface area contributed by atoms with Crippen LogP contribution in [0.15, 0.2) is 42.5 Å². The molecule has 0 radical (unpaired) electrons. The molecule has 1 aliphatic rings. The fourth-order valence-electron chi connectivity index (χ4n) is 3.02. The molecule has 0 bridgehead atoms. The first-order valence-corrected chi connectivity index (χ1v) is 8.48. The highest BCUT2D eigenvalue weighted by Crippen LogP contribution is 2.25. The maximum atomic E-state index is 13.6. The minimum atomic E-state index is -0.307. The van der Waals surface area contributed by atoms with E-state index in [1.54, 1.807) is 18.2 Å². The highest BCUT2D eigenvalue weighted by atomic mass is 32.1. The van der Waals surface area contributed by atoms with Crippen LogP contribution in [-0.4, -0.2) is 5.11 Å². The summed E-state index contributed by atoms with van der Waals surface area (Å²) in [5.41, 5.74) is 4.53. The van der Waals surface area contributed by atoms with E-state index in [-0.39, 0.29) is 11.9 Å². The molecular weight excluding hydrogens is 307 g/mol. The number of fused-ring (bicyclic) bond motifs is 1. The molecule has 0 unspecified atom stereocenters. The van der Waals surface area contributed by atoms with Crippen molar-refractivity contribution in [2.24, 2.45) is 0 Å². The van der Waals surface area contributed by atoms with Gasteiger partial charge in [0.1, 0.15) is 5.82 Å². The van der Waals surface area contributed by atoms with Crippen molar-refractivity contribution in [3.8, 4) is 0 Å². The van der Waals surface area contributed by atoms with Gasteiger partial charge in [-0.2, -0.15) is 0 Å².